The predicted octanol–water partition coefficient (Wildman–Crippen LogP) is 3.55. The van der Waals surface area contributed by atoms with Crippen molar-refractivity contribution < 1.29 is 19.1 Å². The number of nitrogens with one attached hydrogen (secondary N) is 2. The molecule has 26 heavy (non-hydrogen) atoms. The standard InChI is InChI=1S/C17H18ClN3O4S/c1-10(20-21-17(23)15-5-4-6-26-15)7-16(22)19-12-8-11(18)13(24-2)9-14(12)25-3/h4-6,8-9H,7H2,1-3H3,(H,19,22)(H,21,23). The van der Waals surface area contributed by atoms with Gasteiger partial charge in [-0.25, -0.2) is 5.43 Å². The number of anilines is 1. The lowest BCUT2D eigenvalue weighted by Crippen LogP contribution is -2.21. The van der Waals surface area contributed by atoms with Gasteiger partial charge >= 0.3 is 0 Å². The van der Waals surface area contributed by atoms with Gasteiger partial charge in [0.15, 0.2) is 0 Å². The van der Waals surface area contributed by atoms with E-state index in [1.54, 1.807) is 36.6 Å². The van der Waals surface area contributed by atoms with E-state index in [1.807, 2.05) is 0 Å². The van der Waals surface area contributed by atoms with Crippen LogP contribution in [0.15, 0.2) is 34.7 Å². The van der Waals surface area contributed by atoms with E-state index < -0.39 is 0 Å². The summed E-state index contributed by atoms with van der Waals surface area (Å²) in [6.45, 7) is 1.65. The van der Waals surface area contributed by atoms with Crippen LogP contribution in [0.4, 0.5) is 5.69 Å². The quantitative estimate of drug-likeness (QED) is 0.554. The average molecular weight is 396 g/mol. The molecule has 0 aliphatic rings. The monoisotopic (exact) mass is 395 g/mol. The van der Waals surface area contributed by atoms with Crippen LogP contribution in [0.3, 0.4) is 0 Å². The smallest absolute Gasteiger partial charge is 0.281 e. The molecule has 0 aliphatic heterocycles. The first-order chi connectivity index (χ1) is 12.4. The normalized spacial score (nSPS) is 11.0. The highest BCUT2D eigenvalue weighted by Gasteiger charge is 2.13. The molecular weight excluding hydrogens is 378 g/mol. The number of amides is 2. The molecule has 0 aliphatic carbocycles. The molecule has 2 aromatic rings. The van der Waals surface area contributed by atoms with Crippen LogP contribution >= 0.6 is 22.9 Å². The number of ether oxygens (including phenoxy) is 2. The SMILES string of the molecule is COc1cc(OC)c(NC(=O)CC(C)=NNC(=O)c2cccs2)cc1Cl. The molecule has 0 radical (unpaired) electrons. The molecule has 1 aromatic heterocycles. The number of carbonyl (C=O) groups is 2. The Bertz CT molecular complexity index is 822. The third kappa shape index (κ3) is 5.21. The van der Waals surface area contributed by atoms with Crippen molar-refractivity contribution in [2.24, 2.45) is 5.10 Å². The van der Waals surface area contributed by atoms with Crippen LogP contribution in [-0.2, 0) is 4.79 Å². The molecule has 0 bridgehead atoms. The van der Waals surface area contributed by atoms with E-state index in [1.165, 1.54) is 25.6 Å². The van der Waals surface area contributed by atoms with Gasteiger partial charge in [-0.2, -0.15) is 5.10 Å². The summed E-state index contributed by atoms with van der Waals surface area (Å²) in [5, 5.41) is 8.78. The van der Waals surface area contributed by atoms with E-state index >= 15 is 0 Å². The first-order valence-corrected chi connectivity index (χ1v) is 8.78. The van der Waals surface area contributed by atoms with Gasteiger partial charge in [-0.15, -0.1) is 11.3 Å². The Balaban J connectivity index is 1.98. The fraction of sp³-hybridized carbons (Fsp3) is 0.235. The summed E-state index contributed by atoms with van der Waals surface area (Å²) in [5.74, 6) is 0.218. The summed E-state index contributed by atoms with van der Waals surface area (Å²) >= 11 is 7.39. The summed E-state index contributed by atoms with van der Waals surface area (Å²) in [5.41, 5.74) is 3.28. The second-order valence-electron chi connectivity index (χ2n) is 5.18. The molecule has 1 aromatic carbocycles. The first kappa shape index (κ1) is 19.7. The predicted molar refractivity (Wildman–Crippen MR) is 103 cm³/mol. The first-order valence-electron chi connectivity index (χ1n) is 7.53. The largest absolute Gasteiger partial charge is 0.495 e. The number of rotatable bonds is 7. The topological polar surface area (TPSA) is 89.0 Å². The van der Waals surface area contributed by atoms with Gasteiger partial charge < -0.3 is 14.8 Å². The van der Waals surface area contributed by atoms with Gasteiger partial charge in [-0.3, -0.25) is 9.59 Å². The maximum absolute atomic E-state index is 12.2. The van der Waals surface area contributed by atoms with E-state index in [0.29, 0.717) is 32.8 Å². The molecule has 0 fully saturated rings. The minimum atomic E-state index is -0.323. The summed E-state index contributed by atoms with van der Waals surface area (Å²) in [4.78, 5) is 24.6. The van der Waals surface area contributed by atoms with Gasteiger partial charge in [0.2, 0.25) is 5.91 Å². The zero-order chi connectivity index (χ0) is 19.1. The van der Waals surface area contributed by atoms with Crippen LogP contribution in [0.5, 0.6) is 11.5 Å². The van der Waals surface area contributed by atoms with Crippen molar-refractivity contribution in [3.05, 3.63) is 39.5 Å². The van der Waals surface area contributed by atoms with Gasteiger partial charge in [-0.1, -0.05) is 17.7 Å². The third-order valence-electron chi connectivity index (χ3n) is 3.26. The van der Waals surface area contributed by atoms with Gasteiger partial charge in [0, 0.05) is 11.8 Å². The van der Waals surface area contributed by atoms with Crippen LogP contribution in [0.1, 0.15) is 23.0 Å². The van der Waals surface area contributed by atoms with Crippen molar-refractivity contribution >= 4 is 46.2 Å². The zero-order valence-corrected chi connectivity index (χ0v) is 16.0. The molecule has 2 amide bonds. The Kier molecular flexibility index (Phi) is 6.99. The summed E-state index contributed by atoms with van der Waals surface area (Å²) in [7, 11) is 2.97. The average Bonchev–Trinajstić information content (AvgIpc) is 3.14. The lowest BCUT2D eigenvalue weighted by Gasteiger charge is -2.13. The lowest BCUT2D eigenvalue weighted by atomic mass is 10.2. The lowest BCUT2D eigenvalue weighted by molar-refractivity contribution is -0.115. The van der Waals surface area contributed by atoms with E-state index in [4.69, 9.17) is 21.1 Å². The Morgan fingerprint density at radius 3 is 2.58 bits per heavy atom. The van der Waals surface area contributed by atoms with Gasteiger partial charge in [-0.05, 0) is 24.4 Å². The Hall–Kier alpha value is -2.58. The molecule has 7 nitrogen and oxygen atoms in total. The van der Waals surface area contributed by atoms with Crippen molar-refractivity contribution in [2.45, 2.75) is 13.3 Å². The molecule has 138 valence electrons. The number of hydrogen-bond acceptors (Lipinski definition) is 6. The molecule has 0 unspecified atom stereocenters. The number of carbonyl (C=O) groups excluding carboxylic acids is 2. The fourth-order valence-corrected chi connectivity index (χ4v) is 2.89. The Morgan fingerprint density at radius 2 is 1.96 bits per heavy atom. The zero-order valence-electron chi connectivity index (χ0n) is 14.5. The van der Waals surface area contributed by atoms with E-state index in [2.05, 4.69) is 15.8 Å². The van der Waals surface area contributed by atoms with Crippen LogP contribution in [0, 0.1) is 0 Å². The summed E-state index contributed by atoms with van der Waals surface area (Å²) in [6, 6.07) is 6.59. The van der Waals surface area contributed by atoms with Crippen LogP contribution < -0.4 is 20.2 Å². The molecule has 1 heterocycles. The second-order valence-corrected chi connectivity index (χ2v) is 6.53. The van der Waals surface area contributed by atoms with Crippen molar-refractivity contribution in [1.29, 1.82) is 0 Å². The third-order valence-corrected chi connectivity index (χ3v) is 4.42. The second kappa shape index (κ2) is 9.21. The summed E-state index contributed by atoms with van der Waals surface area (Å²) < 4.78 is 10.3. The van der Waals surface area contributed by atoms with Crippen LogP contribution in [0.2, 0.25) is 5.02 Å². The van der Waals surface area contributed by atoms with Crippen molar-refractivity contribution in [1.82, 2.24) is 5.43 Å². The molecular formula is C17H18ClN3O4S. The number of hydrazone groups is 1. The molecule has 0 saturated heterocycles. The number of hydrogen-bond donors (Lipinski definition) is 2. The molecule has 9 heteroatoms. The highest BCUT2D eigenvalue weighted by atomic mass is 35.5. The molecule has 0 atom stereocenters. The Morgan fingerprint density at radius 1 is 1.23 bits per heavy atom. The molecule has 2 N–H and O–H groups in total. The number of thiophene rings is 1. The molecule has 2 rings (SSSR count). The van der Waals surface area contributed by atoms with Crippen LogP contribution in [-0.4, -0.2) is 31.7 Å². The minimum absolute atomic E-state index is 0.00246. The number of halogens is 1. The van der Waals surface area contributed by atoms with E-state index in [-0.39, 0.29) is 18.2 Å². The summed E-state index contributed by atoms with van der Waals surface area (Å²) in [6.07, 6.45) is -0.00246. The molecule has 0 saturated carbocycles. The number of nitrogens with zero attached hydrogens (tertiary/aromatic N) is 1. The van der Waals surface area contributed by atoms with Crippen molar-refractivity contribution in [3.63, 3.8) is 0 Å². The van der Waals surface area contributed by atoms with Gasteiger partial charge in [0.1, 0.15) is 11.5 Å². The van der Waals surface area contributed by atoms with Gasteiger partial charge in [0.25, 0.3) is 5.91 Å². The minimum Gasteiger partial charge on any atom is -0.495 e. The van der Waals surface area contributed by atoms with Crippen molar-refractivity contribution in [3.8, 4) is 11.5 Å². The van der Waals surface area contributed by atoms with E-state index in [0.717, 1.165) is 0 Å². The molecule has 0 spiro atoms. The number of methoxy groups -OCH3 is 2. The van der Waals surface area contributed by atoms with Crippen molar-refractivity contribution in [2.75, 3.05) is 19.5 Å². The fourth-order valence-electron chi connectivity index (χ4n) is 2.03. The van der Waals surface area contributed by atoms with Gasteiger partial charge in [0.05, 0.1) is 36.2 Å². The highest BCUT2D eigenvalue weighted by Crippen LogP contribution is 2.35. The Labute approximate surface area is 160 Å². The highest BCUT2D eigenvalue weighted by molar-refractivity contribution is 7.12. The van der Waals surface area contributed by atoms with Crippen LogP contribution in [0.25, 0.3) is 0 Å². The maximum atomic E-state index is 12.2. The maximum Gasteiger partial charge on any atom is 0.281 e. The van der Waals surface area contributed by atoms with E-state index in [9.17, 15) is 9.59 Å². The number of benzene rings is 1.